The molecule has 0 spiro atoms. The molecule has 23 heavy (non-hydrogen) atoms. The first kappa shape index (κ1) is 15.5. The number of aryl methyl sites for hydroxylation is 1. The van der Waals surface area contributed by atoms with E-state index >= 15 is 0 Å². The zero-order chi connectivity index (χ0) is 16.4. The third-order valence-corrected chi connectivity index (χ3v) is 4.21. The lowest BCUT2D eigenvalue weighted by Gasteiger charge is -2.29. The Morgan fingerprint density at radius 3 is 2.78 bits per heavy atom. The Bertz CT molecular complexity index is 687. The maximum absolute atomic E-state index is 12.5. The molecule has 1 aliphatic heterocycles. The molecule has 2 aromatic rings. The quantitative estimate of drug-likeness (QED) is 0.891. The lowest BCUT2D eigenvalue weighted by Crippen LogP contribution is -2.46. The van der Waals surface area contributed by atoms with Crippen LogP contribution < -0.4 is 4.90 Å². The minimum absolute atomic E-state index is 0.0969. The van der Waals surface area contributed by atoms with Crippen LogP contribution in [0.25, 0.3) is 0 Å². The molecule has 0 saturated carbocycles. The first-order valence-corrected chi connectivity index (χ1v) is 7.60. The number of carbonyl (C=O) groups is 1. The molecule has 3 rings (SSSR count). The van der Waals surface area contributed by atoms with E-state index in [1.54, 1.807) is 41.0 Å². The second kappa shape index (κ2) is 6.00. The second-order valence-corrected chi connectivity index (χ2v) is 6.11. The lowest BCUT2D eigenvalue weighted by molar-refractivity contribution is 0.0260. The molecule has 1 amide bonds. The fourth-order valence-corrected chi connectivity index (χ4v) is 3.00. The van der Waals surface area contributed by atoms with Crippen LogP contribution in [0, 0.1) is 0 Å². The zero-order valence-electron chi connectivity index (χ0n) is 13.4. The zero-order valence-corrected chi connectivity index (χ0v) is 13.4. The number of hydrogen-bond acceptors (Lipinski definition) is 5. The normalized spacial score (nSPS) is 20.7. The molecule has 1 atom stereocenters. The summed E-state index contributed by atoms with van der Waals surface area (Å²) in [6.45, 7) is 1.37. The first-order chi connectivity index (χ1) is 11.0. The number of aliphatic hydroxyl groups is 1. The van der Waals surface area contributed by atoms with Gasteiger partial charge in [-0.1, -0.05) is 0 Å². The third-order valence-electron chi connectivity index (χ3n) is 4.21. The van der Waals surface area contributed by atoms with Crippen molar-refractivity contribution in [2.75, 3.05) is 31.6 Å². The standard InChI is InChI=1S/C16H21N5O2/c1-19-9-3-5-13(19)14(22)20(2)11-16(23)6-10-21(12-16)15-17-7-4-8-18-15/h3-5,7-9,23H,6,10-12H2,1-2H3/t16-/m1/s1. The molecule has 1 saturated heterocycles. The Morgan fingerprint density at radius 1 is 1.39 bits per heavy atom. The highest BCUT2D eigenvalue weighted by Gasteiger charge is 2.39. The van der Waals surface area contributed by atoms with Crippen LogP contribution in [0.3, 0.4) is 0 Å². The van der Waals surface area contributed by atoms with Crippen LogP contribution in [-0.2, 0) is 7.05 Å². The molecule has 1 fully saturated rings. The van der Waals surface area contributed by atoms with E-state index in [1.807, 2.05) is 24.2 Å². The van der Waals surface area contributed by atoms with Crippen molar-refractivity contribution in [3.8, 4) is 0 Å². The van der Waals surface area contributed by atoms with Crippen molar-refractivity contribution < 1.29 is 9.90 Å². The van der Waals surface area contributed by atoms with Gasteiger partial charge < -0.3 is 19.5 Å². The summed E-state index contributed by atoms with van der Waals surface area (Å²) in [5.74, 6) is 0.514. The van der Waals surface area contributed by atoms with Crippen LogP contribution in [-0.4, -0.2) is 62.7 Å². The highest BCUT2D eigenvalue weighted by Crippen LogP contribution is 2.25. The molecule has 0 aliphatic carbocycles. The number of rotatable bonds is 4. The summed E-state index contributed by atoms with van der Waals surface area (Å²) < 4.78 is 1.78. The average Bonchev–Trinajstić information content (AvgIpc) is 3.13. The van der Waals surface area contributed by atoms with Crippen molar-refractivity contribution in [1.82, 2.24) is 19.4 Å². The van der Waals surface area contributed by atoms with Gasteiger partial charge in [0.1, 0.15) is 11.3 Å². The van der Waals surface area contributed by atoms with Gasteiger partial charge in [-0.15, -0.1) is 0 Å². The molecule has 0 radical (unpaired) electrons. The number of likely N-dealkylation sites (N-methyl/N-ethyl adjacent to an activating group) is 1. The number of β-amino-alcohol motifs (C(OH)–C–C–N with tert-alkyl or cyclic N) is 1. The molecule has 0 bridgehead atoms. The summed E-state index contributed by atoms with van der Waals surface area (Å²) in [6.07, 6.45) is 5.78. The highest BCUT2D eigenvalue weighted by molar-refractivity contribution is 5.92. The van der Waals surface area contributed by atoms with Crippen LogP contribution in [0.5, 0.6) is 0 Å². The van der Waals surface area contributed by atoms with Crippen LogP contribution >= 0.6 is 0 Å². The SMILES string of the molecule is CN(C[C@]1(O)CCN(c2ncccn2)C1)C(=O)c1cccn1C. The van der Waals surface area contributed by atoms with Crippen LogP contribution in [0.4, 0.5) is 5.95 Å². The molecule has 2 aromatic heterocycles. The molecule has 0 aromatic carbocycles. The summed E-state index contributed by atoms with van der Waals surface area (Å²) in [5, 5.41) is 10.8. The predicted molar refractivity (Wildman–Crippen MR) is 86.2 cm³/mol. The number of carbonyl (C=O) groups excluding carboxylic acids is 1. The fraction of sp³-hybridized carbons (Fsp3) is 0.438. The molecule has 1 aliphatic rings. The second-order valence-electron chi connectivity index (χ2n) is 6.11. The predicted octanol–water partition coefficient (Wildman–Crippen LogP) is 0.528. The maximum Gasteiger partial charge on any atom is 0.270 e. The van der Waals surface area contributed by atoms with Gasteiger partial charge in [-0.05, 0) is 24.6 Å². The lowest BCUT2D eigenvalue weighted by atomic mass is 10.0. The molecular weight excluding hydrogens is 294 g/mol. The smallest absolute Gasteiger partial charge is 0.270 e. The minimum atomic E-state index is -0.950. The number of nitrogens with zero attached hydrogens (tertiary/aromatic N) is 5. The third kappa shape index (κ3) is 3.19. The molecule has 0 unspecified atom stereocenters. The van der Waals surface area contributed by atoms with Crippen LogP contribution in [0.2, 0.25) is 0 Å². The summed E-state index contributed by atoms with van der Waals surface area (Å²) >= 11 is 0. The van der Waals surface area contributed by atoms with Crippen LogP contribution in [0.1, 0.15) is 16.9 Å². The maximum atomic E-state index is 12.5. The number of anilines is 1. The molecule has 3 heterocycles. The molecular formula is C16H21N5O2. The number of aromatic nitrogens is 3. The van der Waals surface area contributed by atoms with E-state index in [-0.39, 0.29) is 12.5 Å². The van der Waals surface area contributed by atoms with Crippen molar-refractivity contribution in [2.24, 2.45) is 7.05 Å². The van der Waals surface area contributed by atoms with Gasteiger partial charge in [0.2, 0.25) is 5.95 Å². The average molecular weight is 315 g/mol. The van der Waals surface area contributed by atoms with E-state index in [4.69, 9.17) is 0 Å². The molecule has 1 N–H and O–H groups in total. The Labute approximate surface area is 135 Å². The van der Waals surface area contributed by atoms with Crippen molar-refractivity contribution in [1.29, 1.82) is 0 Å². The van der Waals surface area contributed by atoms with Gasteiger partial charge in [0.25, 0.3) is 5.91 Å². The Morgan fingerprint density at radius 2 is 2.13 bits per heavy atom. The van der Waals surface area contributed by atoms with Crippen molar-refractivity contribution in [3.63, 3.8) is 0 Å². The van der Waals surface area contributed by atoms with Crippen molar-refractivity contribution >= 4 is 11.9 Å². The van der Waals surface area contributed by atoms with Gasteiger partial charge in [-0.2, -0.15) is 0 Å². The van der Waals surface area contributed by atoms with Crippen molar-refractivity contribution in [2.45, 2.75) is 12.0 Å². The summed E-state index contributed by atoms with van der Waals surface area (Å²) in [7, 11) is 3.55. The van der Waals surface area contributed by atoms with Crippen LogP contribution in [0.15, 0.2) is 36.8 Å². The Hall–Kier alpha value is -2.41. The van der Waals surface area contributed by atoms with Gasteiger partial charge in [0.15, 0.2) is 0 Å². The van der Waals surface area contributed by atoms with E-state index in [9.17, 15) is 9.90 Å². The monoisotopic (exact) mass is 315 g/mol. The van der Waals surface area contributed by atoms with E-state index in [0.717, 1.165) is 0 Å². The summed E-state index contributed by atoms with van der Waals surface area (Å²) in [5.41, 5.74) is -0.341. The largest absolute Gasteiger partial charge is 0.386 e. The van der Waals surface area contributed by atoms with E-state index in [1.165, 1.54) is 0 Å². The Balaban J connectivity index is 1.66. The summed E-state index contributed by atoms with van der Waals surface area (Å²) in [4.78, 5) is 24.4. The van der Waals surface area contributed by atoms with E-state index in [2.05, 4.69) is 9.97 Å². The summed E-state index contributed by atoms with van der Waals surface area (Å²) in [6, 6.07) is 5.37. The van der Waals surface area contributed by atoms with Gasteiger partial charge in [-0.25, -0.2) is 9.97 Å². The van der Waals surface area contributed by atoms with Gasteiger partial charge >= 0.3 is 0 Å². The van der Waals surface area contributed by atoms with Gasteiger partial charge in [0.05, 0.1) is 13.1 Å². The molecule has 122 valence electrons. The highest BCUT2D eigenvalue weighted by atomic mass is 16.3. The number of amides is 1. The molecule has 7 heteroatoms. The first-order valence-electron chi connectivity index (χ1n) is 7.60. The van der Waals surface area contributed by atoms with Gasteiger partial charge in [0, 0.05) is 39.2 Å². The topological polar surface area (TPSA) is 74.5 Å². The van der Waals surface area contributed by atoms with Gasteiger partial charge in [-0.3, -0.25) is 4.79 Å². The Kier molecular flexibility index (Phi) is 4.04. The molecule has 7 nitrogen and oxygen atoms in total. The van der Waals surface area contributed by atoms with E-state index < -0.39 is 5.60 Å². The van der Waals surface area contributed by atoms with Crippen molar-refractivity contribution in [3.05, 3.63) is 42.5 Å². The number of hydrogen-bond donors (Lipinski definition) is 1. The fourth-order valence-electron chi connectivity index (χ4n) is 3.00. The van der Waals surface area contributed by atoms with E-state index in [0.29, 0.717) is 31.2 Å². The minimum Gasteiger partial charge on any atom is -0.386 e.